The maximum Gasteiger partial charge on any atom is 0.243 e. The molecule has 1 aliphatic rings. The summed E-state index contributed by atoms with van der Waals surface area (Å²) in [6, 6.07) is 7.05. The molecule has 2 N–H and O–H groups in total. The summed E-state index contributed by atoms with van der Waals surface area (Å²) in [5.41, 5.74) is 6.57. The molecule has 118 valence electrons. The van der Waals surface area contributed by atoms with Gasteiger partial charge in [-0.1, -0.05) is 12.1 Å². The van der Waals surface area contributed by atoms with Crippen LogP contribution in [0.15, 0.2) is 29.2 Å². The molecular weight excluding hydrogens is 288 g/mol. The molecule has 0 aromatic heterocycles. The SMILES string of the molecule is COCC1CCN(S(=O)(=O)c2ccc(CCN)cc2)CC1. The quantitative estimate of drug-likeness (QED) is 0.857. The van der Waals surface area contributed by atoms with Crippen molar-refractivity contribution in [2.45, 2.75) is 24.2 Å². The molecule has 0 atom stereocenters. The van der Waals surface area contributed by atoms with Gasteiger partial charge in [-0.15, -0.1) is 0 Å². The lowest BCUT2D eigenvalue weighted by Crippen LogP contribution is -2.39. The second-order valence-electron chi connectivity index (χ2n) is 5.49. The van der Waals surface area contributed by atoms with Crippen molar-refractivity contribution < 1.29 is 13.2 Å². The van der Waals surface area contributed by atoms with Gasteiger partial charge in [-0.3, -0.25) is 0 Å². The van der Waals surface area contributed by atoms with E-state index in [9.17, 15) is 8.42 Å². The fourth-order valence-corrected chi connectivity index (χ4v) is 4.17. The first kappa shape index (κ1) is 16.4. The molecule has 0 amide bonds. The van der Waals surface area contributed by atoms with Crippen LogP contribution in [0.2, 0.25) is 0 Å². The Hall–Kier alpha value is -0.950. The highest BCUT2D eigenvalue weighted by atomic mass is 32.2. The highest BCUT2D eigenvalue weighted by molar-refractivity contribution is 7.89. The van der Waals surface area contributed by atoms with Crippen LogP contribution in [0.1, 0.15) is 18.4 Å². The second kappa shape index (κ2) is 7.35. The molecule has 0 aliphatic carbocycles. The highest BCUT2D eigenvalue weighted by Gasteiger charge is 2.29. The second-order valence-corrected chi connectivity index (χ2v) is 7.42. The lowest BCUT2D eigenvalue weighted by molar-refractivity contribution is 0.121. The van der Waals surface area contributed by atoms with E-state index in [0.29, 0.717) is 37.1 Å². The van der Waals surface area contributed by atoms with E-state index in [1.807, 2.05) is 12.1 Å². The number of sulfonamides is 1. The Balaban J connectivity index is 2.04. The summed E-state index contributed by atoms with van der Waals surface area (Å²) in [4.78, 5) is 0.369. The van der Waals surface area contributed by atoms with Crippen molar-refractivity contribution in [3.05, 3.63) is 29.8 Å². The predicted octanol–water partition coefficient (Wildman–Crippen LogP) is 1.23. The molecule has 0 bridgehead atoms. The smallest absolute Gasteiger partial charge is 0.243 e. The molecule has 1 fully saturated rings. The Kier molecular flexibility index (Phi) is 5.75. The lowest BCUT2D eigenvalue weighted by Gasteiger charge is -2.30. The Bertz CT molecular complexity index is 535. The van der Waals surface area contributed by atoms with Crippen molar-refractivity contribution in [3.63, 3.8) is 0 Å². The minimum atomic E-state index is -3.37. The van der Waals surface area contributed by atoms with Crippen LogP contribution >= 0.6 is 0 Å². The Morgan fingerprint density at radius 2 is 1.86 bits per heavy atom. The summed E-state index contributed by atoms with van der Waals surface area (Å²) in [5, 5.41) is 0. The molecule has 1 aromatic carbocycles. The number of nitrogens with zero attached hydrogens (tertiary/aromatic N) is 1. The number of benzene rings is 1. The van der Waals surface area contributed by atoms with Crippen LogP contribution in [-0.4, -0.2) is 46.1 Å². The van der Waals surface area contributed by atoms with Gasteiger partial charge < -0.3 is 10.5 Å². The summed E-state index contributed by atoms with van der Waals surface area (Å²) in [6.45, 7) is 2.42. The van der Waals surface area contributed by atoms with E-state index in [1.165, 1.54) is 0 Å². The zero-order valence-electron chi connectivity index (χ0n) is 12.5. The molecular formula is C15H24N2O3S. The van der Waals surface area contributed by atoms with Crippen molar-refractivity contribution in [1.29, 1.82) is 0 Å². The zero-order chi connectivity index (χ0) is 15.3. The Labute approximate surface area is 127 Å². The molecule has 21 heavy (non-hydrogen) atoms. The van der Waals surface area contributed by atoms with Gasteiger partial charge in [0.05, 0.1) is 4.90 Å². The van der Waals surface area contributed by atoms with Gasteiger partial charge in [0, 0.05) is 26.8 Å². The van der Waals surface area contributed by atoms with Crippen LogP contribution in [-0.2, 0) is 21.2 Å². The van der Waals surface area contributed by atoms with Gasteiger partial charge in [-0.2, -0.15) is 4.31 Å². The largest absolute Gasteiger partial charge is 0.384 e. The molecule has 1 aliphatic heterocycles. The number of methoxy groups -OCH3 is 1. The molecule has 6 heteroatoms. The monoisotopic (exact) mass is 312 g/mol. The first-order valence-corrected chi connectivity index (χ1v) is 8.80. The number of nitrogens with two attached hydrogens (primary N) is 1. The van der Waals surface area contributed by atoms with Gasteiger partial charge in [0.1, 0.15) is 0 Å². The van der Waals surface area contributed by atoms with E-state index in [-0.39, 0.29) is 0 Å². The summed E-state index contributed by atoms with van der Waals surface area (Å²) in [7, 11) is -1.68. The van der Waals surface area contributed by atoms with E-state index in [2.05, 4.69) is 0 Å². The summed E-state index contributed by atoms with van der Waals surface area (Å²) < 4.78 is 31.9. The van der Waals surface area contributed by atoms with Gasteiger partial charge in [0.2, 0.25) is 10.0 Å². The molecule has 5 nitrogen and oxygen atoms in total. The van der Waals surface area contributed by atoms with E-state index in [1.54, 1.807) is 23.5 Å². The van der Waals surface area contributed by atoms with Crippen molar-refractivity contribution in [1.82, 2.24) is 4.31 Å². The van der Waals surface area contributed by atoms with E-state index < -0.39 is 10.0 Å². The summed E-state index contributed by atoms with van der Waals surface area (Å²) in [5.74, 6) is 0.466. The van der Waals surface area contributed by atoms with E-state index >= 15 is 0 Å². The van der Waals surface area contributed by atoms with Crippen LogP contribution in [0.4, 0.5) is 0 Å². The van der Waals surface area contributed by atoms with Gasteiger partial charge in [0.25, 0.3) is 0 Å². The Morgan fingerprint density at radius 3 is 2.38 bits per heavy atom. The molecule has 0 spiro atoms. The molecule has 1 saturated heterocycles. The van der Waals surface area contributed by atoms with Gasteiger partial charge in [-0.05, 0) is 49.4 Å². The molecule has 1 heterocycles. The van der Waals surface area contributed by atoms with Crippen molar-refractivity contribution in [3.8, 4) is 0 Å². The molecule has 0 unspecified atom stereocenters. The van der Waals surface area contributed by atoms with Gasteiger partial charge in [0.15, 0.2) is 0 Å². The lowest BCUT2D eigenvalue weighted by atomic mass is 9.99. The van der Waals surface area contributed by atoms with E-state index in [4.69, 9.17) is 10.5 Å². The first-order chi connectivity index (χ1) is 10.1. The van der Waals surface area contributed by atoms with Crippen molar-refractivity contribution >= 4 is 10.0 Å². The molecule has 0 radical (unpaired) electrons. The zero-order valence-corrected chi connectivity index (χ0v) is 13.3. The highest BCUT2D eigenvalue weighted by Crippen LogP contribution is 2.24. The third-order valence-electron chi connectivity index (χ3n) is 3.97. The van der Waals surface area contributed by atoms with E-state index in [0.717, 1.165) is 24.8 Å². The van der Waals surface area contributed by atoms with Crippen LogP contribution < -0.4 is 5.73 Å². The fraction of sp³-hybridized carbons (Fsp3) is 0.600. The average molecular weight is 312 g/mol. The first-order valence-electron chi connectivity index (χ1n) is 7.36. The third-order valence-corrected chi connectivity index (χ3v) is 5.88. The third kappa shape index (κ3) is 4.03. The van der Waals surface area contributed by atoms with Crippen LogP contribution in [0.3, 0.4) is 0 Å². The Morgan fingerprint density at radius 1 is 1.24 bits per heavy atom. The maximum absolute atomic E-state index is 12.6. The maximum atomic E-state index is 12.6. The number of ether oxygens (including phenoxy) is 1. The number of hydrogen-bond acceptors (Lipinski definition) is 4. The fourth-order valence-electron chi connectivity index (χ4n) is 2.70. The number of rotatable bonds is 6. The van der Waals surface area contributed by atoms with Crippen molar-refractivity contribution in [2.75, 3.05) is 33.4 Å². The minimum absolute atomic E-state index is 0.369. The predicted molar refractivity (Wildman–Crippen MR) is 82.6 cm³/mol. The van der Waals surface area contributed by atoms with Crippen molar-refractivity contribution in [2.24, 2.45) is 11.7 Å². The summed E-state index contributed by atoms with van der Waals surface area (Å²) >= 11 is 0. The van der Waals surface area contributed by atoms with Gasteiger partial charge >= 0.3 is 0 Å². The summed E-state index contributed by atoms with van der Waals surface area (Å²) in [6.07, 6.45) is 2.49. The normalized spacial score (nSPS) is 18.0. The topological polar surface area (TPSA) is 72.6 Å². The average Bonchev–Trinajstić information content (AvgIpc) is 2.49. The van der Waals surface area contributed by atoms with Crippen LogP contribution in [0.25, 0.3) is 0 Å². The molecule has 2 rings (SSSR count). The number of hydrogen-bond donors (Lipinski definition) is 1. The van der Waals surface area contributed by atoms with Crippen LogP contribution in [0, 0.1) is 5.92 Å². The standard InChI is InChI=1S/C15H24N2O3S/c1-20-12-14-7-10-17(11-8-14)21(18,19)15-4-2-13(3-5-15)6-9-16/h2-5,14H,6-12,16H2,1H3. The number of piperidine rings is 1. The molecule has 1 aromatic rings. The van der Waals surface area contributed by atoms with Gasteiger partial charge in [-0.25, -0.2) is 8.42 Å². The van der Waals surface area contributed by atoms with Crippen LogP contribution in [0.5, 0.6) is 0 Å². The molecule has 0 saturated carbocycles. The minimum Gasteiger partial charge on any atom is -0.384 e.